The normalized spacial score (nSPS) is 11.3. The van der Waals surface area contributed by atoms with Crippen LogP contribution in [0.2, 0.25) is 10.0 Å². The minimum absolute atomic E-state index is 0.00167. The van der Waals surface area contributed by atoms with Crippen LogP contribution >= 0.6 is 23.2 Å². The van der Waals surface area contributed by atoms with Crippen LogP contribution in [0, 0.1) is 6.92 Å². The van der Waals surface area contributed by atoms with E-state index < -0.39 is 10.0 Å². The Morgan fingerprint density at radius 3 is 2.38 bits per heavy atom. The average Bonchev–Trinajstić information content (AvgIpc) is 2.51. The number of aryl methyl sites for hydroxylation is 1. The van der Waals surface area contributed by atoms with E-state index in [-0.39, 0.29) is 23.8 Å². The zero-order chi connectivity index (χ0) is 17.7. The summed E-state index contributed by atoms with van der Waals surface area (Å²) in [6.07, 6.45) is -0.00167. The lowest BCUT2D eigenvalue weighted by Crippen LogP contribution is -2.27. The number of hydrogen-bond donors (Lipinski definition) is 2. The maximum Gasteiger partial charge on any atom is 0.240 e. The van der Waals surface area contributed by atoms with Gasteiger partial charge in [-0.2, -0.15) is 0 Å². The number of nitrogens with one attached hydrogen (secondary N) is 2. The van der Waals surface area contributed by atoms with Gasteiger partial charge in [0.1, 0.15) is 0 Å². The molecule has 0 spiro atoms. The number of anilines is 1. The summed E-state index contributed by atoms with van der Waals surface area (Å²) in [7, 11) is -3.67. The summed E-state index contributed by atoms with van der Waals surface area (Å²) in [4.78, 5) is 12.0. The molecule has 128 valence electrons. The lowest BCUT2D eigenvalue weighted by molar-refractivity contribution is -0.116. The molecule has 2 N–H and O–H groups in total. The van der Waals surface area contributed by atoms with Crippen molar-refractivity contribution in [1.82, 2.24) is 4.72 Å². The topological polar surface area (TPSA) is 75.3 Å². The lowest BCUT2D eigenvalue weighted by Gasteiger charge is -2.08. The van der Waals surface area contributed by atoms with Gasteiger partial charge in [-0.15, -0.1) is 0 Å². The van der Waals surface area contributed by atoms with Crippen LogP contribution < -0.4 is 10.0 Å². The first-order valence-electron chi connectivity index (χ1n) is 7.09. The zero-order valence-corrected chi connectivity index (χ0v) is 15.2. The van der Waals surface area contributed by atoms with E-state index in [2.05, 4.69) is 10.0 Å². The molecule has 0 aromatic heterocycles. The standard InChI is InChI=1S/C16H16Cl2N2O3S/c1-11-2-5-13(10-15(11)18)20-16(21)8-9-19-24(22,23)14-6-3-12(17)4-7-14/h2-7,10,19H,8-9H2,1H3,(H,20,21). The summed E-state index contributed by atoms with van der Waals surface area (Å²) < 4.78 is 26.5. The smallest absolute Gasteiger partial charge is 0.240 e. The van der Waals surface area contributed by atoms with Crippen molar-refractivity contribution in [2.45, 2.75) is 18.2 Å². The fourth-order valence-electron chi connectivity index (χ4n) is 1.89. The van der Waals surface area contributed by atoms with E-state index in [1.165, 1.54) is 24.3 Å². The highest BCUT2D eigenvalue weighted by Crippen LogP contribution is 2.20. The van der Waals surface area contributed by atoms with Crippen molar-refractivity contribution in [3.05, 3.63) is 58.1 Å². The summed E-state index contributed by atoms with van der Waals surface area (Å²) in [5.74, 6) is -0.311. The predicted octanol–water partition coefficient (Wildman–Crippen LogP) is 3.61. The van der Waals surface area contributed by atoms with Crippen molar-refractivity contribution in [3.8, 4) is 0 Å². The second-order valence-corrected chi connectivity index (χ2v) is 7.72. The highest BCUT2D eigenvalue weighted by Gasteiger charge is 2.14. The molecule has 0 aliphatic heterocycles. The number of rotatable bonds is 6. The Balaban J connectivity index is 1.87. The molecule has 0 unspecified atom stereocenters. The number of amides is 1. The first-order chi connectivity index (χ1) is 11.3. The summed E-state index contributed by atoms with van der Waals surface area (Å²) in [6.45, 7) is 1.84. The van der Waals surface area contributed by atoms with Crippen LogP contribution in [0.3, 0.4) is 0 Å². The Kier molecular flexibility index (Phi) is 6.23. The molecule has 0 radical (unpaired) electrons. The Morgan fingerprint density at radius 1 is 1.08 bits per heavy atom. The Morgan fingerprint density at radius 2 is 1.75 bits per heavy atom. The van der Waals surface area contributed by atoms with E-state index >= 15 is 0 Å². The fourth-order valence-corrected chi connectivity index (χ4v) is 3.23. The molecule has 0 fully saturated rings. The minimum atomic E-state index is -3.67. The first kappa shape index (κ1) is 18.7. The Labute approximate surface area is 151 Å². The van der Waals surface area contributed by atoms with Crippen LogP contribution in [-0.4, -0.2) is 20.9 Å². The molecule has 5 nitrogen and oxygen atoms in total. The van der Waals surface area contributed by atoms with E-state index in [4.69, 9.17) is 23.2 Å². The van der Waals surface area contributed by atoms with Crippen LogP contribution in [0.4, 0.5) is 5.69 Å². The molecule has 0 atom stereocenters. The SMILES string of the molecule is Cc1ccc(NC(=O)CCNS(=O)(=O)c2ccc(Cl)cc2)cc1Cl. The highest BCUT2D eigenvalue weighted by molar-refractivity contribution is 7.89. The molecule has 1 amide bonds. The number of carbonyl (C=O) groups excluding carboxylic acids is 1. The second kappa shape index (κ2) is 7.98. The van der Waals surface area contributed by atoms with E-state index in [1.807, 2.05) is 6.92 Å². The number of halogens is 2. The number of sulfonamides is 1. The fraction of sp³-hybridized carbons (Fsp3) is 0.188. The van der Waals surface area contributed by atoms with Crippen molar-refractivity contribution >= 4 is 44.8 Å². The second-order valence-electron chi connectivity index (χ2n) is 5.11. The third-order valence-corrected chi connectivity index (χ3v) is 5.36. The average molecular weight is 387 g/mol. The van der Waals surface area contributed by atoms with Crippen LogP contribution in [0.15, 0.2) is 47.4 Å². The minimum Gasteiger partial charge on any atom is -0.326 e. The quantitative estimate of drug-likeness (QED) is 0.795. The van der Waals surface area contributed by atoms with Crippen molar-refractivity contribution in [2.75, 3.05) is 11.9 Å². The maximum absolute atomic E-state index is 12.1. The molecule has 0 bridgehead atoms. The highest BCUT2D eigenvalue weighted by atomic mass is 35.5. The van der Waals surface area contributed by atoms with Crippen LogP contribution in [0.1, 0.15) is 12.0 Å². The van der Waals surface area contributed by atoms with Gasteiger partial charge < -0.3 is 5.32 Å². The molecule has 0 saturated carbocycles. The maximum atomic E-state index is 12.1. The summed E-state index contributed by atoms with van der Waals surface area (Å²) in [5.41, 5.74) is 1.47. The molecule has 2 aromatic carbocycles. The molecule has 8 heteroatoms. The Hall–Kier alpha value is -1.60. The van der Waals surface area contributed by atoms with Crippen LogP contribution in [0.5, 0.6) is 0 Å². The Bertz CT molecular complexity index is 837. The van der Waals surface area contributed by atoms with Crippen LogP contribution in [0.25, 0.3) is 0 Å². The van der Waals surface area contributed by atoms with Crippen molar-refractivity contribution < 1.29 is 13.2 Å². The van der Waals surface area contributed by atoms with E-state index in [0.717, 1.165) is 5.56 Å². The molecular formula is C16H16Cl2N2O3S. The van der Waals surface area contributed by atoms with Crippen molar-refractivity contribution in [1.29, 1.82) is 0 Å². The predicted molar refractivity (Wildman–Crippen MR) is 96.1 cm³/mol. The molecule has 2 aromatic rings. The molecule has 0 heterocycles. The lowest BCUT2D eigenvalue weighted by atomic mass is 10.2. The number of carbonyl (C=O) groups is 1. The van der Waals surface area contributed by atoms with Gasteiger partial charge in [0.2, 0.25) is 15.9 Å². The van der Waals surface area contributed by atoms with Gasteiger partial charge in [-0.1, -0.05) is 29.3 Å². The van der Waals surface area contributed by atoms with E-state index in [1.54, 1.807) is 18.2 Å². The third kappa shape index (κ3) is 5.21. The van der Waals surface area contributed by atoms with Gasteiger partial charge in [0.05, 0.1) is 4.90 Å². The van der Waals surface area contributed by atoms with Crippen LogP contribution in [-0.2, 0) is 14.8 Å². The number of benzene rings is 2. The van der Waals surface area contributed by atoms with E-state index in [0.29, 0.717) is 15.7 Å². The van der Waals surface area contributed by atoms with Gasteiger partial charge in [0.25, 0.3) is 0 Å². The molecule has 0 aliphatic rings. The monoisotopic (exact) mass is 386 g/mol. The molecular weight excluding hydrogens is 371 g/mol. The van der Waals surface area contributed by atoms with Gasteiger partial charge >= 0.3 is 0 Å². The summed E-state index contributed by atoms with van der Waals surface area (Å²) in [5, 5.41) is 3.67. The molecule has 24 heavy (non-hydrogen) atoms. The third-order valence-electron chi connectivity index (χ3n) is 3.22. The summed E-state index contributed by atoms with van der Waals surface area (Å²) >= 11 is 11.7. The van der Waals surface area contributed by atoms with Gasteiger partial charge in [-0.3, -0.25) is 4.79 Å². The zero-order valence-electron chi connectivity index (χ0n) is 12.8. The van der Waals surface area contributed by atoms with Gasteiger partial charge in [0.15, 0.2) is 0 Å². The first-order valence-corrected chi connectivity index (χ1v) is 9.33. The van der Waals surface area contributed by atoms with Gasteiger partial charge in [-0.05, 0) is 48.9 Å². The van der Waals surface area contributed by atoms with Crippen molar-refractivity contribution in [2.24, 2.45) is 0 Å². The molecule has 2 rings (SSSR count). The molecule has 0 aliphatic carbocycles. The summed E-state index contributed by atoms with van der Waals surface area (Å²) in [6, 6.07) is 11.0. The van der Waals surface area contributed by atoms with Gasteiger partial charge in [-0.25, -0.2) is 13.1 Å². The number of hydrogen-bond acceptors (Lipinski definition) is 3. The molecule has 0 saturated heterocycles. The largest absolute Gasteiger partial charge is 0.326 e. The van der Waals surface area contributed by atoms with Gasteiger partial charge in [0, 0.05) is 28.7 Å². The van der Waals surface area contributed by atoms with E-state index in [9.17, 15) is 13.2 Å². The van der Waals surface area contributed by atoms with Crippen molar-refractivity contribution in [3.63, 3.8) is 0 Å².